The van der Waals surface area contributed by atoms with Crippen LogP contribution in [0.4, 0.5) is 0 Å². The molecule has 1 aromatic carbocycles. The maximum Gasteiger partial charge on any atom is 0.278 e. The summed E-state index contributed by atoms with van der Waals surface area (Å²) in [5.74, 6) is -0.181. The lowest BCUT2D eigenvalue weighted by Crippen LogP contribution is -2.72. The molecule has 130 valence electrons. The number of carbonyl (C=O) groups excluding carboxylic acids is 2. The first-order valence-electron chi connectivity index (χ1n) is 8.35. The second-order valence-corrected chi connectivity index (χ2v) is 7.61. The fourth-order valence-corrected chi connectivity index (χ4v) is 4.59. The average Bonchev–Trinajstić information content (AvgIpc) is 3.06. The van der Waals surface area contributed by atoms with E-state index in [-0.39, 0.29) is 24.0 Å². The Hall–Kier alpha value is -1.40. The fourth-order valence-electron chi connectivity index (χ4n) is 3.68. The normalized spacial score (nSPS) is 28.5. The molecular formula is C18H23BrN2O3. The molecule has 0 radical (unpaired) electrons. The van der Waals surface area contributed by atoms with Crippen molar-refractivity contribution in [3.63, 3.8) is 0 Å². The maximum absolute atomic E-state index is 13.4. The van der Waals surface area contributed by atoms with Crippen LogP contribution in [0.5, 0.6) is 0 Å². The number of fused-ring (bicyclic) bond motifs is 1. The number of likely N-dealkylation sites (N-methyl/N-ethyl adjacent to an activating group) is 1. The molecular weight excluding hydrogens is 372 g/mol. The van der Waals surface area contributed by atoms with E-state index >= 15 is 0 Å². The molecule has 0 spiro atoms. The summed E-state index contributed by atoms with van der Waals surface area (Å²) in [6.45, 7) is 4.38. The number of benzene rings is 1. The third-order valence-electron chi connectivity index (χ3n) is 4.79. The summed E-state index contributed by atoms with van der Waals surface area (Å²) >= 11 is 3.67. The molecule has 0 saturated carbocycles. The number of hydrogen-bond donors (Lipinski definition) is 0. The predicted molar refractivity (Wildman–Crippen MR) is 94.6 cm³/mol. The summed E-state index contributed by atoms with van der Waals surface area (Å²) in [6.07, 6.45) is 1.38. The molecule has 2 saturated heterocycles. The third kappa shape index (κ3) is 2.56. The lowest BCUT2D eigenvalue weighted by Gasteiger charge is -2.51. The summed E-state index contributed by atoms with van der Waals surface area (Å²) < 4.78 is 6.17. The van der Waals surface area contributed by atoms with E-state index in [9.17, 15) is 9.59 Å². The lowest BCUT2D eigenvalue weighted by atomic mass is 9.94. The summed E-state index contributed by atoms with van der Waals surface area (Å²) in [6, 6.07) is 9.29. The topological polar surface area (TPSA) is 49.9 Å². The molecule has 3 rings (SSSR count). The maximum atomic E-state index is 13.4. The minimum atomic E-state index is -1.37. The molecule has 3 atom stereocenters. The van der Waals surface area contributed by atoms with Crippen LogP contribution < -0.4 is 0 Å². The summed E-state index contributed by atoms with van der Waals surface area (Å²) in [5, 5.41) is 0. The Morgan fingerprint density at radius 2 is 1.92 bits per heavy atom. The Morgan fingerprint density at radius 3 is 2.54 bits per heavy atom. The Kier molecular flexibility index (Phi) is 4.71. The molecule has 2 heterocycles. The van der Waals surface area contributed by atoms with Gasteiger partial charge in [0.25, 0.3) is 5.91 Å². The molecule has 0 unspecified atom stereocenters. The second-order valence-electron chi connectivity index (χ2n) is 6.69. The van der Waals surface area contributed by atoms with E-state index in [1.54, 1.807) is 11.9 Å². The number of halogens is 1. The van der Waals surface area contributed by atoms with Crippen LogP contribution >= 0.6 is 15.9 Å². The molecule has 0 N–H and O–H groups in total. The van der Waals surface area contributed by atoms with Gasteiger partial charge in [0, 0.05) is 13.6 Å². The van der Waals surface area contributed by atoms with E-state index in [1.807, 2.05) is 44.2 Å². The van der Waals surface area contributed by atoms with Gasteiger partial charge in [-0.25, -0.2) is 0 Å². The monoisotopic (exact) mass is 394 g/mol. The minimum Gasteiger partial charge on any atom is -0.343 e. The van der Waals surface area contributed by atoms with Gasteiger partial charge in [0.15, 0.2) is 0 Å². The highest BCUT2D eigenvalue weighted by atomic mass is 79.9. The molecule has 5 nitrogen and oxygen atoms in total. The van der Waals surface area contributed by atoms with E-state index in [2.05, 4.69) is 15.9 Å². The highest BCUT2D eigenvalue weighted by Gasteiger charge is 2.61. The van der Waals surface area contributed by atoms with Crippen LogP contribution in [0.1, 0.15) is 37.1 Å². The number of nitrogens with zero attached hydrogens (tertiary/aromatic N) is 2. The average molecular weight is 395 g/mol. The highest BCUT2D eigenvalue weighted by molar-refractivity contribution is 9.09. The van der Waals surface area contributed by atoms with Gasteiger partial charge in [-0.15, -0.1) is 0 Å². The van der Waals surface area contributed by atoms with Crippen molar-refractivity contribution in [1.82, 2.24) is 9.80 Å². The van der Waals surface area contributed by atoms with Crippen molar-refractivity contribution in [3.8, 4) is 0 Å². The Morgan fingerprint density at radius 1 is 1.25 bits per heavy atom. The van der Waals surface area contributed by atoms with Gasteiger partial charge >= 0.3 is 0 Å². The molecule has 2 amide bonds. The number of alkyl halides is 1. The molecule has 24 heavy (non-hydrogen) atoms. The SMILES string of the molecule is CC(C)O[C@]1([C@@H](Br)c2ccccc2)C(=O)N2CCC[C@H]2C(=O)N1C. The van der Waals surface area contributed by atoms with Gasteiger partial charge in [-0.3, -0.25) is 9.59 Å². The van der Waals surface area contributed by atoms with Crippen molar-refractivity contribution < 1.29 is 14.3 Å². The fraction of sp³-hybridized carbons (Fsp3) is 0.556. The van der Waals surface area contributed by atoms with Gasteiger partial charge in [0.05, 0.1) is 10.9 Å². The zero-order valence-electron chi connectivity index (χ0n) is 14.2. The molecule has 1 aromatic rings. The second kappa shape index (κ2) is 6.48. The molecule has 2 aliphatic rings. The van der Waals surface area contributed by atoms with Crippen LogP contribution in [0.15, 0.2) is 30.3 Å². The number of ether oxygens (including phenoxy) is 1. The van der Waals surface area contributed by atoms with Gasteiger partial charge in [-0.1, -0.05) is 46.3 Å². The smallest absolute Gasteiger partial charge is 0.278 e. The quantitative estimate of drug-likeness (QED) is 0.737. The number of amides is 2. The molecule has 0 aliphatic carbocycles. The standard InChI is InChI=1S/C18H23BrN2O3/c1-12(2)24-18(15(19)13-8-5-4-6-9-13)17(23)21-11-7-10-14(21)16(22)20(18)3/h4-6,8-9,12,14-15H,7,10-11H2,1-3H3/t14-,15-,18+/m0/s1. The number of piperazine rings is 1. The van der Waals surface area contributed by atoms with E-state index in [0.29, 0.717) is 6.54 Å². The van der Waals surface area contributed by atoms with Crippen LogP contribution in [0.2, 0.25) is 0 Å². The van der Waals surface area contributed by atoms with Crippen LogP contribution in [-0.4, -0.2) is 53.1 Å². The van der Waals surface area contributed by atoms with Crippen LogP contribution in [0, 0.1) is 0 Å². The van der Waals surface area contributed by atoms with Crippen LogP contribution in [0.3, 0.4) is 0 Å². The van der Waals surface area contributed by atoms with Gasteiger partial charge in [0.2, 0.25) is 11.6 Å². The predicted octanol–water partition coefficient (Wildman–Crippen LogP) is 2.71. The number of rotatable bonds is 4. The Bertz CT molecular complexity index is 636. The largest absolute Gasteiger partial charge is 0.343 e. The zero-order chi connectivity index (χ0) is 17.5. The molecule has 0 aromatic heterocycles. The van der Waals surface area contributed by atoms with Crippen molar-refractivity contribution >= 4 is 27.7 Å². The third-order valence-corrected chi connectivity index (χ3v) is 5.93. The van der Waals surface area contributed by atoms with Crippen LogP contribution in [0.25, 0.3) is 0 Å². The highest BCUT2D eigenvalue weighted by Crippen LogP contribution is 2.45. The summed E-state index contributed by atoms with van der Waals surface area (Å²) in [7, 11) is 1.68. The van der Waals surface area contributed by atoms with Gasteiger partial charge < -0.3 is 14.5 Å². The first-order chi connectivity index (χ1) is 11.4. The molecule has 2 aliphatic heterocycles. The molecule has 2 fully saturated rings. The zero-order valence-corrected chi connectivity index (χ0v) is 15.8. The van der Waals surface area contributed by atoms with Crippen molar-refractivity contribution in [2.45, 2.75) is 49.4 Å². The van der Waals surface area contributed by atoms with Crippen molar-refractivity contribution in [2.24, 2.45) is 0 Å². The van der Waals surface area contributed by atoms with Crippen LogP contribution in [-0.2, 0) is 14.3 Å². The van der Waals surface area contributed by atoms with E-state index in [0.717, 1.165) is 18.4 Å². The molecule has 0 bridgehead atoms. The lowest BCUT2D eigenvalue weighted by molar-refractivity contribution is -0.214. The van der Waals surface area contributed by atoms with Gasteiger partial charge in [-0.2, -0.15) is 0 Å². The summed E-state index contributed by atoms with van der Waals surface area (Å²) in [5.41, 5.74) is -0.461. The summed E-state index contributed by atoms with van der Waals surface area (Å²) in [4.78, 5) is 29.1. The van der Waals surface area contributed by atoms with E-state index in [4.69, 9.17) is 4.74 Å². The van der Waals surface area contributed by atoms with Crippen molar-refractivity contribution in [2.75, 3.05) is 13.6 Å². The van der Waals surface area contributed by atoms with Crippen molar-refractivity contribution in [1.29, 1.82) is 0 Å². The Balaban J connectivity index is 2.10. The van der Waals surface area contributed by atoms with Gasteiger partial charge in [-0.05, 0) is 32.3 Å². The van der Waals surface area contributed by atoms with Gasteiger partial charge in [0.1, 0.15) is 6.04 Å². The number of carbonyl (C=O) groups is 2. The van der Waals surface area contributed by atoms with Crippen molar-refractivity contribution in [3.05, 3.63) is 35.9 Å². The first kappa shape index (κ1) is 17.4. The first-order valence-corrected chi connectivity index (χ1v) is 9.26. The number of hydrogen-bond acceptors (Lipinski definition) is 3. The molecule has 6 heteroatoms. The van der Waals surface area contributed by atoms with E-state index < -0.39 is 10.6 Å². The van der Waals surface area contributed by atoms with E-state index in [1.165, 1.54) is 4.90 Å². The minimum absolute atomic E-state index is 0.0480. The Labute approximate surface area is 151 Å².